The van der Waals surface area contributed by atoms with Gasteiger partial charge in [0.05, 0.1) is 6.04 Å². The van der Waals surface area contributed by atoms with E-state index >= 15 is 0 Å². The average molecular weight is 172 g/mol. The number of nitrogens with zero attached hydrogens (tertiary/aromatic N) is 1. The molecule has 0 saturated heterocycles. The maximum absolute atomic E-state index is 11.4. The third kappa shape index (κ3) is 2.48. The lowest BCUT2D eigenvalue weighted by Gasteiger charge is -2.35. The Morgan fingerprint density at radius 3 is 2.25 bits per heavy atom. The minimum atomic E-state index is -0.402. The molecular formula is C9H20N2O. The number of nitrogens with two attached hydrogens (primary N) is 1. The first-order valence-corrected chi connectivity index (χ1v) is 4.36. The van der Waals surface area contributed by atoms with Gasteiger partial charge in [-0.2, -0.15) is 0 Å². The monoisotopic (exact) mass is 172 g/mol. The van der Waals surface area contributed by atoms with Gasteiger partial charge in [0.15, 0.2) is 0 Å². The largest absolute Gasteiger partial charge is 0.339 e. The van der Waals surface area contributed by atoms with Crippen LogP contribution in [0.25, 0.3) is 0 Å². The van der Waals surface area contributed by atoms with E-state index in [0.717, 1.165) is 6.42 Å². The molecule has 0 aliphatic carbocycles. The lowest BCUT2D eigenvalue weighted by molar-refractivity contribution is -0.135. The Morgan fingerprint density at radius 1 is 1.58 bits per heavy atom. The van der Waals surface area contributed by atoms with Crippen LogP contribution >= 0.6 is 0 Å². The zero-order valence-corrected chi connectivity index (χ0v) is 8.72. The van der Waals surface area contributed by atoms with Crippen molar-refractivity contribution < 1.29 is 4.79 Å². The SMILES string of the molecule is CCC(C)(C)N(C)C(=O)[C@@H](C)N. The number of carbonyl (C=O) groups is 1. The van der Waals surface area contributed by atoms with E-state index in [1.54, 1.807) is 18.9 Å². The number of likely N-dealkylation sites (N-methyl/N-ethyl adjacent to an activating group) is 1. The molecule has 1 amide bonds. The molecule has 0 fully saturated rings. The molecule has 0 radical (unpaired) electrons. The van der Waals surface area contributed by atoms with Crippen molar-refractivity contribution in [1.29, 1.82) is 0 Å². The van der Waals surface area contributed by atoms with E-state index in [4.69, 9.17) is 5.73 Å². The highest BCUT2D eigenvalue weighted by Gasteiger charge is 2.26. The van der Waals surface area contributed by atoms with E-state index in [1.165, 1.54) is 0 Å². The average Bonchev–Trinajstić information content (AvgIpc) is 2.01. The summed E-state index contributed by atoms with van der Waals surface area (Å²) >= 11 is 0. The van der Waals surface area contributed by atoms with E-state index in [-0.39, 0.29) is 11.4 Å². The van der Waals surface area contributed by atoms with Gasteiger partial charge in [0.25, 0.3) is 0 Å². The molecule has 1 atom stereocenters. The molecule has 0 aromatic rings. The van der Waals surface area contributed by atoms with Gasteiger partial charge in [0, 0.05) is 12.6 Å². The van der Waals surface area contributed by atoms with Crippen molar-refractivity contribution in [1.82, 2.24) is 4.90 Å². The minimum Gasteiger partial charge on any atom is -0.339 e. The van der Waals surface area contributed by atoms with Crippen molar-refractivity contribution in [2.45, 2.75) is 45.7 Å². The van der Waals surface area contributed by atoms with Crippen molar-refractivity contribution in [3.05, 3.63) is 0 Å². The fraction of sp³-hybridized carbons (Fsp3) is 0.889. The summed E-state index contributed by atoms with van der Waals surface area (Å²) in [6.07, 6.45) is 0.932. The molecule has 0 aromatic carbocycles. The third-order valence-corrected chi connectivity index (χ3v) is 2.49. The van der Waals surface area contributed by atoms with Gasteiger partial charge < -0.3 is 10.6 Å². The Morgan fingerprint density at radius 2 is 2.00 bits per heavy atom. The molecule has 12 heavy (non-hydrogen) atoms. The summed E-state index contributed by atoms with van der Waals surface area (Å²) in [6, 6.07) is -0.402. The molecule has 0 aliphatic rings. The molecule has 0 aliphatic heterocycles. The van der Waals surface area contributed by atoms with Gasteiger partial charge in [0.1, 0.15) is 0 Å². The third-order valence-electron chi connectivity index (χ3n) is 2.49. The number of hydrogen-bond donors (Lipinski definition) is 1. The quantitative estimate of drug-likeness (QED) is 0.689. The lowest BCUT2D eigenvalue weighted by Crippen LogP contribution is -2.50. The van der Waals surface area contributed by atoms with E-state index in [2.05, 4.69) is 6.92 Å². The van der Waals surface area contributed by atoms with Crippen molar-refractivity contribution in [2.75, 3.05) is 7.05 Å². The Labute approximate surface area is 74.9 Å². The topological polar surface area (TPSA) is 46.3 Å². The standard InChI is InChI=1S/C9H20N2O/c1-6-9(3,4)11(5)8(12)7(2)10/h7H,6,10H2,1-5H3/t7-/m1/s1. The van der Waals surface area contributed by atoms with E-state index < -0.39 is 6.04 Å². The molecule has 0 bridgehead atoms. The zero-order chi connectivity index (χ0) is 9.94. The van der Waals surface area contributed by atoms with Crippen LogP contribution in [0.5, 0.6) is 0 Å². The highest BCUT2D eigenvalue weighted by molar-refractivity contribution is 5.81. The predicted octanol–water partition coefficient (Wildman–Crippen LogP) is 0.981. The normalized spacial score (nSPS) is 14.2. The van der Waals surface area contributed by atoms with Crippen LogP contribution < -0.4 is 5.73 Å². The Bertz CT molecular complexity index is 164. The van der Waals surface area contributed by atoms with Gasteiger partial charge >= 0.3 is 0 Å². The number of carbonyl (C=O) groups excluding carboxylic acids is 1. The van der Waals surface area contributed by atoms with Gasteiger partial charge in [0.2, 0.25) is 5.91 Å². The van der Waals surface area contributed by atoms with Gasteiger partial charge in [-0.1, -0.05) is 6.92 Å². The smallest absolute Gasteiger partial charge is 0.239 e. The first-order valence-electron chi connectivity index (χ1n) is 4.36. The molecule has 0 heterocycles. The predicted molar refractivity (Wildman–Crippen MR) is 50.8 cm³/mol. The second kappa shape index (κ2) is 3.90. The van der Waals surface area contributed by atoms with Crippen molar-refractivity contribution in [2.24, 2.45) is 5.73 Å². The van der Waals surface area contributed by atoms with E-state index in [0.29, 0.717) is 0 Å². The molecule has 3 heteroatoms. The molecule has 2 N–H and O–H groups in total. The summed E-state index contributed by atoms with van der Waals surface area (Å²) in [5.74, 6) is 0.00171. The molecular weight excluding hydrogens is 152 g/mol. The van der Waals surface area contributed by atoms with Gasteiger partial charge in [-0.3, -0.25) is 4.79 Å². The second-order valence-corrected chi connectivity index (χ2v) is 3.85. The summed E-state index contributed by atoms with van der Waals surface area (Å²) in [7, 11) is 1.80. The molecule has 0 aromatic heterocycles. The summed E-state index contributed by atoms with van der Waals surface area (Å²) < 4.78 is 0. The van der Waals surface area contributed by atoms with E-state index in [9.17, 15) is 4.79 Å². The summed E-state index contributed by atoms with van der Waals surface area (Å²) in [4.78, 5) is 13.2. The molecule has 0 rings (SSSR count). The molecule has 0 unspecified atom stereocenters. The summed E-state index contributed by atoms with van der Waals surface area (Å²) in [5.41, 5.74) is 5.40. The number of rotatable bonds is 3. The number of hydrogen-bond acceptors (Lipinski definition) is 2. The fourth-order valence-corrected chi connectivity index (χ4v) is 0.841. The van der Waals surface area contributed by atoms with Crippen molar-refractivity contribution in [3.8, 4) is 0 Å². The second-order valence-electron chi connectivity index (χ2n) is 3.85. The van der Waals surface area contributed by atoms with Crippen LogP contribution in [0, 0.1) is 0 Å². The first-order chi connectivity index (χ1) is 5.33. The molecule has 0 saturated carbocycles. The van der Waals surface area contributed by atoms with Gasteiger partial charge in [-0.25, -0.2) is 0 Å². The Kier molecular flexibility index (Phi) is 3.71. The highest BCUT2D eigenvalue weighted by Crippen LogP contribution is 2.16. The van der Waals surface area contributed by atoms with Gasteiger partial charge in [-0.05, 0) is 27.2 Å². The van der Waals surface area contributed by atoms with Crippen LogP contribution in [-0.4, -0.2) is 29.4 Å². The van der Waals surface area contributed by atoms with Crippen LogP contribution in [0.1, 0.15) is 34.1 Å². The van der Waals surface area contributed by atoms with E-state index in [1.807, 2.05) is 13.8 Å². The van der Waals surface area contributed by atoms with Crippen molar-refractivity contribution >= 4 is 5.91 Å². The Hall–Kier alpha value is -0.570. The van der Waals surface area contributed by atoms with Crippen LogP contribution in [-0.2, 0) is 4.79 Å². The highest BCUT2D eigenvalue weighted by atomic mass is 16.2. The lowest BCUT2D eigenvalue weighted by atomic mass is 9.99. The van der Waals surface area contributed by atoms with Gasteiger partial charge in [-0.15, -0.1) is 0 Å². The minimum absolute atomic E-state index is 0.00171. The van der Waals surface area contributed by atoms with Crippen LogP contribution in [0.2, 0.25) is 0 Å². The molecule has 0 spiro atoms. The summed E-state index contributed by atoms with van der Waals surface area (Å²) in [5, 5.41) is 0. The van der Waals surface area contributed by atoms with Crippen molar-refractivity contribution in [3.63, 3.8) is 0 Å². The number of amides is 1. The maximum Gasteiger partial charge on any atom is 0.239 e. The zero-order valence-electron chi connectivity index (χ0n) is 8.72. The fourth-order valence-electron chi connectivity index (χ4n) is 0.841. The van der Waals surface area contributed by atoms with Crippen LogP contribution in [0.3, 0.4) is 0 Å². The molecule has 3 nitrogen and oxygen atoms in total. The molecule has 72 valence electrons. The first kappa shape index (κ1) is 11.4. The van der Waals surface area contributed by atoms with Crippen LogP contribution in [0.15, 0.2) is 0 Å². The maximum atomic E-state index is 11.4. The summed E-state index contributed by atoms with van der Waals surface area (Å²) in [6.45, 7) is 7.84. The van der Waals surface area contributed by atoms with Crippen LogP contribution in [0.4, 0.5) is 0 Å². The Balaban J connectivity index is 4.38.